The summed E-state index contributed by atoms with van der Waals surface area (Å²) in [5.74, 6) is 2.19. The van der Waals surface area contributed by atoms with Gasteiger partial charge in [0.1, 0.15) is 12.1 Å². The molecule has 26 heavy (non-hydrogen) atoms. The molecule has 0 aromatic carbocycles. The molecule has 0 spiro atoms. The van der Waals surface area contributed by atoms with Crippen molar-refractivity contribution >= 4 is 11.7 Å². The van der Waals surface area contributed by atoms with Crippen LogP contribution < -0.4 is 5.32 Å². The SMILES string of the molecule is CCCCC1CCC(C(=O)Nc2cc(-n3nc(C)cc3C)ncn2)CC1. The van der Waals surface area contributed by atoms with Crippen LogP contribution in [0.25, 0.3) is 5.82 Å². The molecule has 0 aliphatic heterocycles. The topological polar surface area (TPSA) is 72.7 Å². The molecule has 0 bridgehead atoms. The van der Waals surface area contributed by atoms with Crippen molar-refractivity contribution in [3.63, 3.8) is 0 Å². The van der Waals surface area contributed by atoms with E-state index in [1.807, 2.05) is 19.9 Å². The average molecular weight is 355 g/mol. The monoisotopic (exact) mass is 355 g/mol. The molecule has 0 unspecified atom stereocenters. The summed E-state index contributed by atoms with van der Waals surface area (Å²) < 4.78 is 1.77. The fourth-order valence-electron chi connectivity index (χ4n) is 3.83. The van der Waals surface area contributed by atoms with Crippen LogP contribution in [0.2, 0.25) is 0 Å². The lowest BCUT2D eigenvalue weighted by atomic mass is 9.79. The van der Waals surface area contributed by atoms with Crippen molar-refractivity contribution < 1.29 is 4.79 Å². The fraction of sp³-hybridized carbons (Fsp3) is 0.600. The number of amides is 1. The van der Waals surface area contributed by atoms with E-state index in [4.69, 9.17) is 0 Å². The Morgan fingerprint density at radius 2 is 1.96 bits per heavy atom. The number of aryl methyl sites for hydroxylation is 2. The van der Waals surface area contributed by atoms with E-state index in [-0.39, 0.29) is 11.8 Å². The summed E-state index contributed by atoms with van der Waals surface area (Å²) in [5.41, 5.74) is 1.94. The first-order chi connectivity index (χ1) is 12.6. The number of carbonyl (C=O) groups is 1. The minimum Gasteiger partial charge on any atom is -0.310 e. The second-order valence-electron chi connectivity index (χ2n) is 7.45. The highest BCUT2D eigenvalue weighted by molar-refractivity contribution is 5.91. The lowest BCUT2D eigenvalue weighted by Crippen LogP contribution is -2.27. The van der Waals surface area contributed by atoms with Crippen molar-refractivity contribution in [3.8, 4) is 5.82 Å². The van der Waals surface area contributed by atoms with Gasteiger partial charge in [0, 0.05) is 17.7 Å². The third-order valence-corrected chi connectivity index (χ3v) is 5.31. The molecular formula is C20H29N5O. The Labute approximate surface area is 155 Å². The summed E-state index contributed by atoms with van der Waals surface area (Å²) in [7, 11) is 0. The summed E-state index contributed by atoms with van der Waals surface area (Å²) in [6.45, 7) is 6.17. The predicted molar refractivity (Wildman–Crippen MR) is 102 cm³/mol. The number of hydrogen-bond acceptors (Lipinski definition) is 4. The van der Waals surface area contributed by atoms with Gasteiger partial charge in [-0.05, 0) is 51.5 Å². The number of carbonyl (C=O) groups excluding carboxylic acids is 1. The molecule has 140 valence electrons. The number of aromatic nitrogens is 4. The molecule has 1 aliphatic rings. The summed E-state index contributed by atoms with van der Waals surface area (Å²) in [5, 5.41) is 7.41. The van der Waals surface area contributed by atoms with Crippen molar-refractivity contribution in [1.29, 1.82) is 0 Å². The molecule has 6 nitrogen and oxygen atoms in total. The van der Waals surface area contributed by atoms with Gasteiger partial charge in [0.15, 0.2) is 5.82 Å². The quantitative estimate of drug-likeness (QED) is 0.842. The van der Waals surface area contributed by atoms with E-state index >= 15 is 0 Å². The Balaban J connectivity index is 1.60. The van der Waals surface area contributed by atoms with Gasteiger partial charge in [-0.1, -0.05) is 26.2 Å². The summed E-state index contributed by atoms with van der Waals surface area (Å²) >= 11 is 0. The number of hydrogen-bond donors (Lipinski definition) is 1. The van der Waals surface area contributed by atoms with Crippen LogP contribution in [0.4, 0.5) is 5.82 Å². The van der Waals surface area contributed by atoms with E-state index in [0.717, 1.165) is 30.1 Å². The highest BCUT2D eigenvalue weighted by Gasteiger charge is 2.26. The zero-order valence-corrected chi connectivity index (χ0v) is 16.0. The Hall–Kier alpha value is -2.24. The Morgan fingerprint density at radius 1 is 1.19 bits per heavy atom. The summed E-state index contributed by atoms with van der Waals surface area (Å²) in [6, 6.07) is 3.78. The van der Waals surface area contributed by atoms with Gasteiger partial charge in [0.25, 0.3) is 0 Å². The molecular weight excluding hydrogens is 326 g/mol. The highest BCUT2D eigenvalue weighted by atomic mass is 16.1. The van der Waals surface area contributed by atoms with Gasteiger partial charge >= 0.3 is 0 Å². The molecule has 3 rings (SSSR count). The molecule has 0 radical (unpaired) electrons. The van der Waals surface area contributed by atoms with E-state index in [0.29, 0.717) is 11.6 Å². The van der Waals surface area contributed by atoms with E-state index in [2.05, 4.69) is 27.3 Å². The number of rotatable bonds is 6. The minimum absolute atomic E-state index is 0.0805. The maximum Gasteiger partial charge on any atom is 0.228 e. The van der Waals surface area contributed by atoms with E-state index in [9.17, 15) is 4.79 Å². The van der Waals surface area contributed by atoms with Crippen LogP contribution in [-0.2, 0) is 4.79 Å². The van der Waals surface area contributed by atoms with Gasteiger partial charge in [0.2, 0.25) is 5.91 Å². The molecule has 2 heterocycles. The second kappa shape index (κ2) is 8.43. The molecule has 2 aromatic rings. The van der Waals surface area contributed by atoms with Crippen molar-refractivity contribution in [2.45, 2.75) is 65.7 Å². The zero-order chi connectivity index (χ0) is 18.5. The first kappa shape index (κ1) is 18.5. The molecule has 2 aromatic heterocycles. The van der Waals surface area contributed by atoms with Crippen LogP contribution >= 0.6 is 0 Å². The Morgan fingerprint density at radius 3 is 2.62 bits per heavy atom. The first-order valence-electron chi connectivity index (χ1n) is 9.73. The maximum absolute atomic E-state index is 12.6. The van der Waals surface area contributed by atoms with Crippen LogP contribution in [0, 0.1) is 25.7 Å². The average Bonchev–Trinajstić information content (AvgIpc) is 2.99. The van der Waals surface area contributed by atoms with Crippen molar-refractivity contribution in [2.24, 2.45) is 11.8 Å². The zero-order valence-electron chi connectivity index (χ0n) is 16.0. The lowest BCUT2D eigenvalue weighted by molar-refractivity contribution is -0.121. The molecule has 1 N–H and O–H groups in total. The lowest BCUT2D eigenvalue weighted by Gasteiger charge is -2.27. The third-order valence-electron chi connectivity index (χ3n) is 5.31. The van der Waals surface area contributed by atoms with Crippen molar-refractivity contribution in [1.82, 2.24) is 19.7 Å². The van der Waals surface area contributed by atoms with Crippen LogP contribution in [-0.4, -0.2) is 25.7 Å². The van der Waals surface area contributed by atoms with Gasteiger partial charge in [-0.3, -0.25) is 4.79 Å². The van der Waals surface area contributed by atoms with E-state index < -0.39 is 0 Å². The smallest absolute Gasteiger partial charge is 0.228 e. The predicted octanol–water partition coefficient (Wildman–Crippen LogP) is 4.21. The van der Waals surface area contributed by atoms with Crippen LogP contribution in [0.1, 0.15) is 63.3 Å². The number of nitrogens with one attached hydrogen (secondary N) is 1. The summed E-state index contributed by atoms with van der Waals surface area (Å²) in [6.07, 6.45) is 9.64. The van der Waals surface area contributed by atoms with Crippen LogP contribution in [0.5, 0.6) is 0 Å². The molecule has 6 heteroatoms. The van der Waals surface area contributed by atoms with Crippen molar-refractivity contribution in [2.75, 3.05) is 5.32 Å². The highest BCUT2D eigenvalue weighted by Crippen LogP contribution is 2.32. The van der Waals surface area contributed by atoms with Crippen LogP contribution in [0.3, 0.4) is 0 Å². The molecule has 1 saturated carbocycles. The van der Waals surface area contributed by atoms with Crippen molar-refractivity contribution in [3.05, 3.63) is 29.8 Å². The molecule has 0 saturated heterocycles. The van der Waals surface area contributed by atoms with Crippen LogP contribution in [0.15, 0.2) is 18.5 Å². The third kappa shape index (κ3) is 4.48. The normalized spacial score (nSPS) is 20.1. The second-order valence-corrected chi connectivity index (χ2v) is 7.45. The number of nitrogens with zero attached hydrogens (tertiary/aromatic N) is 4. The largest absolute Gasteiger partial charge is 0.310 e. The molecule has 1 fully saturated rings. The maximum atomic E-state index is 12.6. The van der Waals surface area contributed by atoms with Gasteiger partial charge < -0.3 is 5.32 Å². The van der Waals surface area contributed by atoms with E-state index in [1.54, 1.807) is 10.7 Å². The van der Waals surface area contributed by atoms with Gasteiger partial charge in [-0.2, -0.15) is 5.10 Å². The summed E-state index contributed by atoms with van der Waals surface area (Å²) in [4.78, 5) is 21.1. The molecule has 1 amide bonds. The van der Waals surface area contributed by atoms with E-state index in [1.165, 1.54) is 38.4 Å². The minimum atomic E-state index is 0.0805. The first-order valence-corrected chi connectivity index (χ1v) is 9.73. The number of anilines is 1. The fourth-order valence-corrected chi connectivity index (χ4v) is 3.83. The van der Waals surface area contributed by atoms with Gasteiger partial charge in [-0.25, -0.2) is 14.6 Å². The van der Waals surface area contributed by atoms with Gasteiger partial charge in [0.05, 0.1) is 5.69 Å². The standard InChI is InChI=1S/C20H29N5O/c1-4-5-6-16-7-9-17(10-8-16)20(26)23-18-12-19(22-13-21-18)25-15(3)11-14(2)24-25/h11-13,16-17H,4-10H2,1-3H3,(H,21,22,23,26). The number of unbranched alkanes of at least 4 members (excludes halogenated alkanes) is 1. The van der Waals surface area contributed by atoms with Gasteiger partial charge in [-0.15, -0.1) is 0 Å². The Kier molecular flexibility index (Phi) is 6.01. The molecule has 1 aliphatic carbocycles. The Bertz CT molecular complexity index is 746. The molecule has 0 atom stereocenters.